The number of likely N-dealkylation sites (tertiary alicyclic amines) is 2. The first-order valence-electron chi connectivity index (χ1n) is 22.2. The Balaban J connectivity index is 0.749. The zero-order valence-corrected chi connectivity index (χ0v) is 36.1. The van der Waals surface area contributed by atoms with Gasteiger partial charge in [0.2, 0.25) is 11.8 Å². The number of hydrogen-bond donors (Lipinski definition) is 1. The molecule has 1 unspecified atom stereocenters. The van der Waals surface area contributed by atoms with Gasteiger partial charge in [-0.05, 0) is 105 Å². The highest BCUT2D eigenvalue weighted by Crippen LogP contribution is 2.52. The van der Waals surface area contributed by atoms with Gasteiger partial charge in [0.15, 0.2) is 0 Å². The number of nitrogens with zero attached hydrogens (tertiary/aromatic N) is 7. The highest BCUT2D eigenvalue weighted by molar-refractivity contribution is 6.05. The number of aromatic nitrogens is 2. The lowest BCUT2D eigenvalue weighted by molar-refractivity contribution is -0.181. The van der Waals surface area contributed by atoms with E-state index in [2.05, 4.69) is 20.1 Å². The van der Waals surface area contributed by atoms with E-state index in [9.17, 15) is 19.2 Å². The first-order chi connectivity index (χ1) is 30.3. The largest absolute Gasteiger partial charge is 0.496 e. The monoisotopic (exact) mass is 864 g/mol. The molecule has 0 saturated carbocycles. The molecule has 14 nitrogen and oxygen atoms in total. The van der Waals surface area contributed by atoms with Crippen LogP contribution in [-0.4, -0.2) is 127 Å². The quantitative estimate of drug-likeness (QED) is 0.224. The molecular weight excluding hydrogens is 811 g/mol. The minimum Gasteiger partial charge on any atom is -0.496 e. The topological polar surface area (TPSA) is 133 Å². The van der Waals surface area contributed by atoms with Crippen LogP contribution in [0.1, 0.15) is 60.0 Å². The van der Waals surface area contributed by atoms with Crippen LogP contribution in [0.4, 0.5) is 20.3 Å². The second-order valence-electron chi connectivity index (χ2n) is 18.5. The molecule has 1 spiro atoms. The number of piperidine rings is 3. The summed E-state index contributed by atoms with van der Waals surface area (Å²) in [5.41, 5.74) is 3.61. The number of nitrogens with one attached hydrogen (secondary N) is 1. The van der Waals surface area contributed by atoms with Crippen molar-refractivity contribution in [2.24, 2.45) is 18.4 Å². The number of imide groups is 1. The fourth-order valence-corrected chi connectivity index (χ4v) is 10.8. The van der Waals surface area contributed by atoms with Crippen molar-refractivity contribution in [3.8, 4) is 22.6 Å². The summed E-state index contributed by atoms with van der Waals surface area (Å²) in [4.78, 5) is 65.1. The number of amides is 3. The van der Waals surface area contributed by atoms with Crippen molar-refractivity contribution in [1.82, 2.24) is 29.6 Å². The van der Waals surface area contributed by atoms with E-state index in [0.717, 1.165) is 84.6 Å². The molecule has 2 aromatic heterocycles. The molecule has 16 heteroatoms. The Kier molecular flexibility index (Phi) is 10.4. The molecule has 332 valence electrons. The summed E-state index contributed by atoms with van der Waals surface area (Å²) in [5, 5.41) is 3.72. The average molecular weight is 865 g/mol. The van der Waals surface area contributed by atoms with Gasteiger partial charge in [0.25, 0.3) is 17.4 Å². The molecule has 2 aromatic carbocycles. The first-order valence-corrected chi connectivity index (χ1v) is 22.2. The van der Waals surface area contributed by atoms with E-state index >= 15 is 8.78 Å². The van der Waals surface area contributed by atoms with Crippen molar-refractivity contribution in [3.63, 3.8) is 0 Å². The van der Waals surface area contributed by atoms with E-state index in [-0.39, 0.29) is 56.4 Å². The third-order valence-electron chi connectivity index (χ3n) is 14.7. The lowest BCUT2D eigenvalue weighted by Crippen LogP contribution is -2.70. The Bertz CT molecular complexity index is 2540. The summed E-state index contributed by atoms with van der Waals surface area (Å²) in [6.07, 6.45) is 7.38. The highest BCUT2D eigenvalue weighted by Gasteiger charge is 2.62. The fraction of sp³-hybridized carbons (Fsp3) is 0.511. The van der Waals surface area contributed by atoms with Gasteiger partial charge < -0.3 is 28.7 Å². The second-order valence-corrected chi connectivity index (χ2v) is 18.5. The maximum atomic E-state index is 16.1. The van der Waals surface area contributed by atoms with Gasteiger partial charge in [-0.25, -0.2) is 13.8 Å². The Hall–Kier alpha value is -5.61. The summed E-state index contributed by atoms with van der Waals surface area (Å²) < 4.78 is 45.8. The smallest absolute Gasteiger partial charge is 0.269 e. The Labute approximate surface area is 364 Å². The number of carbonyl (C=O) groups excluding carboxylic acids is 3. The molecule has 1 atom stereocenters. The third-order valence-corrected chi connectivity index (χ3v) is 14.7. The molecule has 0 radical (unpaired) electrons. The number of pyridine rings is 2. The minimum absolute atomic E-state index is 0.101. The van der Waals surface area contributed by atoms with Crippen LogP contribution >= 0.6 is 0 Å². The summed E-state index contributed by atoms with van der Waals surface area (Å²) in [6, 6.07) is 10.8. The maximum absolute atomic E-state index is 16.1. The van der Waals surface area contributed by atoms with Gasteiger partial charge in [-0.1, -0.05) is 0 Å². The Morgan fingerprint density at radius 1 is 0.841 bits per heavy atom. The number of halogens is 2. The first kappa shape index (κ1) is 41.4. The van der Waals surface area contributed by atoms with Crippen LogP contribution in [0.3, 0.4) is 0 Å². The highest BCUT2D eigenvalue weighted by atomic mass is 19.3. The number of anilines is 2. The molecule has 0 aliphatic carbocycles. The lowest BCUT2D eigenvalue weighted by Gasteiger charge is -2.58. The fourth-order valence-electron chi connectivity index (χ4n) is 10.8. The molecular formula is C47H54F2N8O6. The third kappa shape index (κ3) is 7.28. The molecule has 6 aliphatic rings. The SMILES string of the molecule is COc1cc(-c2cn(C)c(=O)c3cnc(N4CCC4)cc23)cc(OC)c1CN1CCC(CN2CCC3(CN(c4ccc5c(c4)CN(C4CCC(=O)NC4=O)C5=O)C3)C(F)(F)C2)CC1. The van der Waals surface area contributed by atoms with Gasteiger partial charge in [0.1, 0.15) is 23.4 Å². The van der Waals surface area contributed by atoms with Gasteiger partial charge in [-0.15, -0.1) is 0 Å². The maximum Gasteiger partial charge on any atom is 0.269 e. The molecule has 5 saturated heterocycles. The number of rotatable bonds is 10. The van der Waals surface area contributed by atoms with Crippen LogP contribution in [-0.2, 0) is 29.7 Å². The number of methoxy groups -OCH3 is 2. The van der Waals surface area contributed by atoms with Gasteiger partial charge >= 0.3 is 0 Å². The standard InChI is InChI=1S/C47H54F2N8O6/c1-52-24-36(34-20-41(55-12-4-13-55)50-21-35(34)44(52)60)30-18-39(62-2)37(40(19-30)63-3)25-53-14-9-29(10-15-53)22-54-16-11-46(47(48,49)28-54)26-56(27-46)32-5-6-33-31(17-32)23-57(45(33)61)38-7-8-42(58)51-43(38)59/h5-6,17-21,24,29,38H,4,7-16,22-23,25-28H2,1-3H3,(H,51,58,59). The van der Waals surface area contributed by atoms with Crippen molar-refractivity contribution in [3.05, 3.63) is 75.8 Å². The average Bonchev–Trinajstić information content (AvgIpc) is 3.55. The second kappa shape index (κ2) is 15.9. The number of carbonyl (C=O) groups is 3. The van der Waals surface area contributed by atoms with E-state index in [1.165, 1.54) is 4.90 Å². The van der Waals surface area contributed by atoms with Crippen molar-refractivity contribution in [1.29, 1.82) is 0 Å². The molecule has 0 bridgehead atoms. The Morgan fingerprint density at radius 3 is 2.25 bits per heavy atom. The van der Waals surface area contributed by atoms with Crippen molar-refractivity contribution < 1.29 is 32.6 Å². The summed E-state index contributed by atoms with van der Waals surface area (Å²) in [5.74, 6) is -1.30. The number of alkyl halides is 2. The Morgan fingerprint density at radius 2 is 1.59 bits per heavy atom. The number of hydrogen-bond acceptors (Lipinski definition) is 11. The summed E-state index contributed by atoms with van der Waals surface area (Å²) >= 11 is 0. The van der Waals surface area contributed by atoms with E-state index < -0.39 is 23.3 Å². The van der Waals surface area contributed by atoms with Crippen LogP contribution < -0.4 is 30.1 Å². The number of benzene rings is 2. The van der Waals surface area contributed by atoms with E-state index in [0.29, 0.717) is 54.4 Å². The molecule has 1 N–H and O–H groups in total. The molecule has 6 aliphatic heterocycles. The zero-order valence-electron chi connectivity index (χ0n) is 36.1. The predicted octanol–water partition coefficient (Wildman–Crippen LogP) is 4.65. The molecule has 63 heavy (non-hydrogen) atoms. The number of ether oxygens (including phenoxy) is 2. The van der Waals surface area contributed by atoms with Crippen LogP contribution in [0.2, 0.25) is 0 Å². The van der Waals surface area contributed by atoms with Crippen LogP contribution in [0, 0.1) is 11.3 Å². The molecule has 4 aromatic rings. The van der Waals surface area contributed by atoms with Crippen LogP contribution in [0.25, 0.3) is 21.9 Å². The number of aryl methyl sites for hydroxylation is 1. The zero-order chi connectivity index (χ0) is 43.8. The van der Waals surface area contributed by atoms with E-state index in [1.807, 2.05) is 46.3 Å². The van der Waals surface area contributed by atoms with E-state index in [1.54, 1.807) is 38.1 Å². The number of fused-ring (bicyclic) bond motifs is 2. The summed E-state index contributed by atoms with van der Waals surface area (Å²) in [7, 11) is 5.08. The van der Waals surface area contributed by atoms with Crippen LogP contribution in [0.15, 0.2) is 53.6 Å². The molecule has 8 heterocycles. The van der Waals surface area contributed by atoms with Crippen molar-refractivity contribution >= 4 is 40.0 Å². The van der Waals surface area contributed by atoms with E-state index in [4.69, 9.17) is 9.47 Å². The van der Waals surface area contributed by atoms with Gasteiger partial charge in [0, 0.05) is 93.9 Å². The van der Waals surface area contributed by atoms with Gasteiger partial charge in [-0.3, -0.25) is 34.3 Å². The normalized spacial score (nSPS) is 22.6. The van der Waals surface area contributed by atoms with Crippen molar-refractivity contribution in [2.75, 3.05) is 82.9 Å². The van der Waals surface area contributed by atoms with Crippen LogP contribution in [0.5, 0.6) is 11.5 Å². The lowest BCUT2D eigenvalue weighted by atomic mass is 9.68. The summed E-state index contributed by atoms with van der Waals surface area (Å²) in [6.45, 7) is 5.97. The predicted molar refractivity (Wildman–Crippen MR) is 233 cm³/mol. The molecule has 5 fully saturated rings. The minimum atomic E-state index is -2.84. The molecule has 3 amide bonds. The van der Waals surface area contributed by atoms with Gasteiger partial charge in [0.05, 0.1) is 37.1 Å². The van der Waals surface area contributed by atoms with Gasteiger partial charge in [-0.2, -0.15) is 0 Å². The molecule has 10 rings (SSSR count). The van der Waals surface area contributed by atoms with Crippen molar-refractivity contribution in [2.45, 2.75) is 63.6 Å².